The second kappa shape index (κ2) is 11.0. The highest BCUT2D eigenvalue weighted by Crippen LogP contribution is 2.24. The third-order valence-corrected chi connectivity index (χ3v) is 6.37. The second-order valence-electron chi connectivity index (χ2n) is 6.34. The minimum Gasteiger partial charge on any atom is -0.293 e. The van der Waals surface area contributed by atoms with Crippen LogP contribution in [0.3, 0.4) is 0 Å². The van der Waals surface area contributed by atoms with Gasteiger partial charge in [0.1, 0.15) is 0 Å². The zero-order chi connectivity index (χ0) is 21.3. The third-order valence-electron chi connectivity index (χ3n) is 4.13. The minimum atomic E-state index is -0.413. The third kappa shape index (κ3) is 6.73. The quantitative estimate of drug-likeness (QED) is 0.279. The lowest BCUT2D eigenvalue weighted by atomic mass is 10.1. The topological polar surface area (TPSA) is 75.3 Å². The molecule has 8 heteroatoms. The molecule has 0 atom stereocenters. The Hall–Kier alpha value is -2.61. The van der Waals surface area contributed by atoms with Crippen molar-refractivity contribution in [1.29, 1.82) is 0 Å². The SMILES string of the molecule is O=C(CCC(=O)c1cccs1)NNC(=O)c1ccc(CSc2ccc(Cl)cc2)cc1. The largest absolute Gasteiger partial charge is 0.293 e. The van der Waals surface area contributed by atoms with Gasteiger partial charge in [-0.05, 0) is 53.4 Å². The summed E-state index contributed by atoms with van der Waals surface area (Å²) in [6.45, 7) is 0. The fraction of sp³-hybridized carbons (Fsp3) is 0.136. The number of halogens is 1. The van der Waals surface area contributed by atoms with Crippen molar-refractivity contribution in [3.63, 3.8) is 0 Å². The van der Waals surface area contributed by atoms with Crippen LogP contribution in [-0.4, -0.2) is 17.6 Å². The highest BCUT2D eigenvalue weighted by Gasteiger charge is 2.11. The summed E-state index contributed by atoms with van der Waals surface area (Å²) >= 11 is 8.90. The summed E-state index contributed by atoms with van der Waals surface area (Å²) in [5.41, 5.74) is 6.23. The van der Waals surface area contributed by atoms with E-state index in [1.165, 1.54) is 11.3 Å². The number of thiophene rings is 1. The molecular formula is C22H19ClN2O3S2. The van der Waals surface area contributed by atoms with Gasteiger partial charge in [0.15, 0.2) is 5.78 Å². The van der Waals surface area contributed by atoms with Crippen molar-refractivity contribution in [2.75, 3.05) is 0 Å². The van der Waals surface area contributed by atoms with Crippen LogP contribution < -0.4 is 10.9 Å². The summed E-state index contributed by atoms with van der Waals surface area (Å²) in [4.78, 5) is 37.7. The summed E-state index contributed by atoms with van der Waals surface area (Å²) in [5.74, 6) is -0.147. The van der Waals surface area contributed by atoms with Gasteiger partial charge in [-0.2, -0.15) is 0 Å². The van der Waals surface area contributed by atoms with E-state index in [9.17, 15) is 14.4 Å². The Bertz CT molecular complexity index is 1000. The van der Waals surface area contributed by atoms with Crippen LogP contribution in [-0.2, 0) is 10.5 Å². The van der Waals surface area contributed by atoms with Gasteiger partial charge in [-0.3, -0.25) is 25.2 Å². The normalized spacial score (nSPS) is 10.4. The predicted molar refractivity (Wildman–Crippen MR) is 121 cm³/mol. The predicted octanol–water partition coefficient (Wildman–Crippen LogP) is 5.12. The summed E-state index contributed by atoms with van der Waals surface area (Å²) in [6, 6.07) is 18.3. The van der Waals surface area contributed by atoms with Crippen LogP contribution >= 0.6 is 34.7 Å². The van der Waals surface area contributed by atoms with Crippen molar-refractivity contribution in [3.05, 3.63) is 87.1 Å². The summed E-state index contributed by atoms with van der Waals surface area (Å²) in [6.07, 6.45) is 0.111. The van der Waals surface area contributed by atoms with Crippen molar-refractivity contribution in [2.45, 2.75) is 23.5 Å². The number of rotatable bonds is 8. The molecular weight excluding hydrogens is 440 g/mol. The first-order valence-electron chi connectivity index (χ1n) is 9.14. The van der Waals surface area contributed by atoms with E-state index in [2.05, 4.69) is 10.9 Å². The Balaban J connectivity index is 1.41. The lowest BCUT2D eigenvalue weighted by molar-refractivity contribution is -0.121. The van der Waals surface area contributed by atoms with E-state index in [1.807, 2.05) is 41.8 Å². The van der Waals surface area contributed by atoms with Crippen molar-refractivity contribution in [1.82, 2.24) is 10.9 Å². The first-order chi connectivity index (χ1) is 14.5. The Labute approximate surface area is 187 Å². The van der Waals surface area contributed by atoms with Crippen molar-refractivity contribution < 1.29 is 14.4 Å². The van der Waals surface area contributed by atoms with Crippen molar-refractivity contribution in [3.8, 4) is 0 Å². The molecule has 2 N–H and O–H groups in total. The number of Topliss-reactive ketones (excluding diaryl/α,β-unsaturated/α-hetero) is 1. The number of hydrazine groups is 1. The maximum Gasteiger partial charge on any atom is 0.269 e. The number of benzene rings is 2. The van der Waals surface area contributed by atoms with Gasteiger partial charge in [-0.15, -0.1) is 23.1 Å². The molecule has 0 fully saturated rings. The molecule has 0 saturated heterocycles. The van der Waals surface area contributed by atoms with Gasteiger partial charge >= 0.3 is 0 Å². The van der Waals surface area contributed by atoms with Crippen LogP contribution in [0.2, 0.25) is 5.02 Å². The molecule has 5 nitrogen and oxygen atoms in total. The lowest BCUT2D eigenvalue weighted by Gasteiger charge is -2.08. The maximum atomic E-state index is 12.2. The highest BCUT2D eigenvalue weighted by molar-refractivity contribution is 7.98. The highest BCUT2D eigenvalue weighted by atomic mass is 35.5. The molecule has 154 valence electrons. The number of carbonyl (C=O) groups is 3. The lowest BCUT2D eigenvalue weighted by Crippen LogP contribution is -2.41. The van der Waals surface area contributed by atoms with Crippen molar-refractivity contribution in [2.24, 2.45) is 0 Å². The van der Waals surface area contributed by atoms with Crippen LogP contribution in [0, 0.1) is 0 Å². The van der Waals surface area contributed by atoms with Gasteiger partial charge in [0.05, 0.1) is 4.88 Å². The van der Waals surface area contributed by atoms with E-state index in [1.54, 1.807) is 36.0 Å². The molecule has 2 aromatic carbocycles. The van der Waals surface area contributed by atoms with E-state index in [0.29, 0.717) is 15.5 Å². The van der Waals surface area contributed by atoms with E-state index in [-0.39, 0.29) is 18.6 Å². The number of ketones is 1. The monoisotopic (exact) mass is 458 g/mol. The molecule has 0 bridgehead atoms. The summed E-state index contributed by atoms with van der Waals surface area (Å²) in [7, 11) is 0. The van der Waals surface area contributed by atoms with Crippen LogP contribution in [0.5, 0.6) is 0 Å². The van der Waals surface area contributed by atoms with Crippen LogP contribution in [0.25, 0.3) is 0 Å². The number of hydrogen-bond acceptors (Lipinski definition) is 5. The number of nitrogens with one attached hydrogen (secondary N) is 2. The van der Waals surface area contributed by atoms with Crippen molar-refractivity contribution >= 4 is 52.3 Å². The Morgan fingerprint density at radius 1 is 0.900 bits per heavy atom. The second-order valence-corrected chi connectivity index (χ2v) is 8.78. The first-order valence-corrected chi connectivity index (χ1v) is 11.4. The number of thioether (sulfide) groups is 1. The number of carbonyl (C=O) groups excluding carboxylic acids is 3. The number of hydrogen-bond donors (Lipinski definition) is 2. The van der Waals surface area contributed by atoms with Gasteiger partial charge in [0, 0.05) is 34.1 Å². The molecule has 0 radical (unpaired) electrons. The molecule has 1 heterocycles. The van der Waals surface area contributed by atoms with Crippen LogP contribution in [0.15, 0.2) is 70.9 Å². The summed E-state index contributed by atoms with van der Waals surface area (Å²) < 4.78 is 0. The van der Waals surface area contributed by atoms with Gasteiger partial charge in [-0.1, -0.05) is 29.8 Å². The smallest absolute Gasteiger partial charge is 0.269 e. The first kappa shape index (κ1) is 22.1. The molecule has 0 aliphatic heterocycles. The van der Waals surface area contributed by atoms with E-state index in [4.69, 9.17) is 11.6 Å². The van der Waals surface area contributed by atoms with Gasteiger partial charge in [0.2, 0.25) is 5.91 Å². The molecule has 0 unspecified atom stereocenters. The zero-order valence-corrected chi connectivity index (χ0v) is 18.3. The van der Waals surface area contributed by atoms with Crippen LogP contribution in [0.1, 0.15) is 38.4 Å². The molecule has 30 heavy (non-hydrogen) atoms. The van der Waals surface area contributed by atoms with Crippen LogP contribution in [0.4, 0.5) is 0 Å². The fourth-order valence-corrected chi connectivity index (χ4v) is 4.17. The van der Waals surface area contributed by atoms with E-state index in [0.717, 1.165) is 16.2 Å². The number of amides is 2. The standard InChI is InChI=1S/C22H19ClN2O3S2/c23-17-7-9-18(10-8-17)30-14-15-3-5-16(6-4-15)22(28)25-24-21(27)12-11-19(26)20-2-1-13-29-20/h1-10,13H,11-12,14H2,(H,24,27)(H,25,28). The van der Waals surface area contributed by atoms with Gasteiger partial charge in [-0.25, -0.2) is 0 Å². The Morgan fingerprint density at radius 3 is 2.30 bits per heavy atom. The van der Waals surface area contributed by atoms with Gasteiger partial charge in [0.25, 0.3) is 5.91 Å². The molecule has 0 spiro atoms. The molecule has 0 aliphatic rings. The maximum absolute atomic E-state index is 12.2. The minimum absolute atomic E-state index is 0.0118. The molecule has 0 saturated carbocycles. The molecule has 2 amide bonds. The molecule has 3 aromatic rings. The van der Waals surface area contributed by atoms with E-state index >= 15 is 0 Å². The molecule has 1 aromatic heterocycles. The average molecular weight is 459 g/mol. The fourth-order valence-electron chi connectivity index (χ4n) is 2.50. The Kier molecular flexibility index (Phi) is 8.07. The summed E-state index contributed by atoms with van der Waals surface area (Å²) in [5, 5.41) is 2.52. The Morgan fingerprint density at radius 2 is 1.63 bits per heavy atom. The van der Waals surface area contributed by atoms with E-state index < -0.39 is 11.8 Å². The van der Waals surface area contributed by atoms with Gasteiger partial charge < -0.3 is 0 Å². The zero-order valence-electron chi connectivity index (χ0n) is 15.9. The average Bonchev–Trinajstić information content (AvgIpc) is 3.31. The molecule has 3 rings (SSSR count). The molecule has 0 aliphatic carbocycles.